The van der Waals surface area contributed by atoms with Gasteiger partial charge in [-0.15, -0.1) is 6.58 Å². The molecule has 1 aromatic rings. The molecule has 0 aliphatic heterocycles. The lowest BCUT2D eigenvalue weighted by Crippen LogP contribution is -2.26. The van der Waals surface area contributed by atoms with Crippen molar-refractivity contribution in [3.05, 3.63) is 47.5 Å². The molecule has 0 heterocycles. The van der Waals surface area contributed by atoms with E-state index in [1.54, 1.807) is 0 Å². The molecule has 0 unspecified atom stereocenters. The summed E-state index contributed by atoms with van der Waals surface area (Å²) in [5.74, 6) is 2.53. The summed E-state index contributed by atoms with van der Waals surface area (Å²) in [4.78, 5) is 0. The van der Waals surface area contributed by atoms with Crippen LogP contribution in [0.1, 0.15) is 81.8 Å². The summed E-state index contributed by atoms with van der Waals surface area (Å²) in [5.41, 5.74) is 0.816. The van der Waals surface area contributed by atoms with Gasteiger partial charge in [-0.25, -0.2) is 8.78 Å². The molecule has 2 aliphatic carbocycles. The highest BCUT2D eigenvalue weighted by atomic mass is 19.1. The Bertz CT molecular complexity index is 617. The van der Waals surface area contributed by atoms with Crippen LogP contribution in [0.25, 0.3) is 0 Å². The Morgan fingerprint density at radius 3 is 1.90 bits per heavy atom. The standard InChI is InChI=1S/C26H38F2O/c1-3-4-5-19-8-12-22(13-9-19)23-14-10-20(11-15-23)6-7-21-16-25(27)24(18-29-2)26(28)17-21/h3,16-17,19-20,22-23H,1,4-15,18H2,2H3. The molecule has 1 nitrogen and oxygen atoms in total. The molecule has 29 heavy (non-hydrogen) atoms. The van der Waals surface area contributed by atoms with Crippen molar-refractivity contribution < 1.29 is 13.5 Å². The number of rotatable bonds is 9. The van der Waals surface area contributed by atoms with Crippen LogP contribution in [0.15, 0.2) is 24.8 Å². The zero-order chi connectivity index (χ0) is 20.6. The summed E-state index contributed by atoms with van der Waals surface area (Å²) in [6, 6.07) is 2.99. The second kappa shape index (κ2) is 11.2. The number of ether oxygens (including phenoxy) is 1. The Morgan fingerprint density at radius 1 is 0.897 bits per heavy atom. The molecule has 0 bridgehead atoms. The van der Waals surface area contributed by atoms with E-state index in [0.29, 0.717) is 5.92 Å². The number of hydrogen-bond acceptors (Lipinski definition) is 1. The average Bonchev–Trinajstić information content (AvgIpc) is 2.74. The highest BCUT2D eigenvalue weighted by molar-refractivity contribution is 5.26. The number of benzene rings is 1. The molecule has 1 aromatic carbocycles. The number of methoxy groups -OCH3 is 1. The van der Waals surface area contributed by atoms with Gasteiger partial charge in [0.05, 0.1) is 6.61 Å². The van der Waals surface area contributed by atoms with E-state index in [9.17, 15) is 8.78 Å². The Kier molecular flexibility index (Phi) is 8.71. The zero-order valence-electron chi connectivity index (χ0n) is 18.1. The molecule has 162 valence electrons. The fourth-order valence-electron chi connectivity index (χ4n) is 5.70. The first kappa shape index (κ1) is 22.5. The summed E-state index contributed by atoms with van der Waals surface area (Å²) in [5, 5.41) is 0. The van der Waals surface area contributed by atoms with Crippen LogP contribution < -0.4 is 0 Å². The minimum absolute atomic E-state index is 0.0157. The SMILES string of the molecule is C=CCCC1CCC(C2CCC(CCc3cc(F)c(COC)c(F)c3)CC2)CC1. The van der Waals surface area contributed by atoms with Crippen molar-refractivity contribution in [3.8, 4) is 0 Å². The molecular formula is C26H38F2O. The van der Waals surface area contributed by atoms with Crippen LogP contribution in [0.5, 0.6) is 0 Å². The lowest BCUT2D eigenvalue weighted by Gasteiger charge is -2.38. The van der Waals surface area contributed by atoms with Crippen molar-refractivity contribution in [2.45, 2.75) is 83.7 Å². The van der Waals surface area contributed by atoms with E-state index >= 15 is 0 Å². The molecule has 0 amide bonds. The van der Waals surface area contributed by atoms with Crippen LogP contribution in [-0.2, 0) is 17.8 Å². The second-order valence-corrected chi connectivity index (χ2v) is 9.44. The van der Waals surface area contributed by atoms with E-state index in [1.165, 1.54) is 83.5 Å². The Balaban J connectivity index is 1.40. The van der Waals surface area contributed by atoms with Crippen molar-refractivity contribution >= 4 is 0 Å². The van der Waals surface area contributed by atoms with Crippen LogP contribution >= 0.6 is 0 Å². The molecule has 3 rings (SSSR count). The first-order valence-electron chi connectivity index (χ1n) is 11.7. The van der Waals surface area contributed by atoms with Crippen molar-refractivity contribution in [2.75, 3.05) is 7.11 Å². The minimum Gasteiger partial charge on any atom is -0.380 e. The molecule has 2 saturated carbocycles. The highest BCUT2D eigenvalue weighted by Gasteiger charge is 2.30. The van der Waals surface area contributed by atoms with Gasteiger partial charge in [-0.05, 0) is 92.7 Å². The van der Waals surface area contributed by atoms with Gasteiger partial charge in [-0.1, -0.05) is 31.8 Å². The van der Waals surface area contributed by atoms with E-state index in [1.807, 2.05) is 0 Å². The van der Waals surface area contributed by atoms with E-state index in [0.717, 1.165) is 36.2 Å². The van der Waals surface area contributed by atoms with Gasteiger partial charge in [-0.3, -0.25) is 0 Å². The fraction of sp³-hybridized carbons (Fsp3) is 0.692. The molecule has 0 N–H and O–H groups in total. The molecule has 0 atom stereocenters. The van der Waals surface area contributed by atoms with E-state index in [-0.39, 0.29) is 12.2 Å². The number of allylic oxidation sites excluding steroid dienone is 1. The maximum atomic E-state index is 14.1. The second-order valence-electron chi connectivity index (χ2n) is 9.44. The smallest absolute Gasteiger partial charge is 0.131 e. The predicted molar refractivity (Wildman–Crippen MR) is 116 cm³/mol. The molecule has 3 heteroatoms. The maximum absolute atomic E-state index is 14.1. The lowest BCUT2D eigenvalue weighted by molar-refractivity contribution is 0.141. The number of halogens is 2. The van der Waals surface area contributed by atoms with Crippen LogP contribution in [0.4, 0.5) is 8.78 Å². The third kappa shape index (κ3) is 6.38. The molecule has 2 fully saturated rings. The zero-order valence-corrected chi connectivity index (χ0v) is 18.1. The van der Waals surface area contributed by atoms with E-state index in [2.05, 4.69) is 12.7 Å². The van der Waals surface area contributed by atoms with Gasteiger partial charge in [0, 0.05) is 12.7 Å². The first-order chi connectivity index (χ1) is 14.1. The summed E-state index contributed by atoms with van der Waals surface area (Å²) in [6.45, 7) is 3.84. The minimum atomic E-state index is -0.478. The largest absolute Gasteiger partial charge is 0.380 e. The van der Waals surface area contributed by atoms with Crippen molar-refractivity contribution in [3.63, 3.8) is 0 Å². The average molecular weight is 405 g/mol. The quantitative estimate of drug-likeness (QED) is 0.385. The Labute approximate surface area is 175 Å². The predicted octanol–water partition coefficient (Wildman–Crippen LogP) is 7.62. The van der Waals surface area contributed by atoms with Crippen molar-refractivity contribution in [1.82, 2.24) is 0 Å². The fourth-order valence-corrected chi connectivity index (χ4v) is 5.70. The summed E-state index contributed by atoms with van der Waals surface area (Å²) in [7, 11) is 1.46. The first-order valence-corrected chi connectivity index (χ1v) is 11.7. The topological polar surface area (TPSA) is 9.23 Å². The Morgan fingerprint density at radius 2 is 1.41 bits per heavy atom. The summed E-state index contributed by atoms with van der Waals surface area (Å²) >= 11 is 0. The van der Waals surface area contributed by atoms with Gasteiger partial charge >= 0.3 is 0 Å². The van der Waals surface area contributed by atoms with Gasteiger partial charge in [-0.2, -0.15) is 0 Å². The molecular weight excluding hydrogens is 366 g/mol. The van der Waals surface area contributed by atoms with Gasteiger partial charge < -0.3 is 4.74 Å². The van der Waals surface area contributed by atoms with Crippen LogP contribution in [0.2, 0.25) is 0 Å². The number of hydrogen-bond donors (Lipinski definition) is 0. The third-order valence-corrected chi connectivity index (χ3v) is 7.56. The highest BCUT2D eigenvalue weighted by Crippen LogP contribution is 2.43. The summed E-state index contributed by atoms with van der Waals surface area (Å²) < 4.78 is 33.1. The van der Waals surface area contributed by atoms with E-state index < -0.39 is 11.6 Å². The van der Waals surface area contributed by atoms with Crippen LogP contribution in [0, 0.1) is 35.3 Å². The molecule has 0 aromatic heterocycles. The van der Waals surface area contributed by atoms with Crippen molar-refractivity contribution in [2.24, 2.45) is 23.7 Å². The van der Waals surface area contributed by atoms with Gasteiger partial charge in [0.25, 0.3) is 0 Å². The number of aryl methyl sites for hydroxylation is 1. The summed E-state index contributed by atoms with van der Waals surface area (Å²) in [6.07, 6.45) is 17.3. The molecule has 2 aliphatic rings. The van der Waals surface area contributed by atoms with Gasteiger partial charge in [0.15, 0.2) is 0 Å². The maximum Gasteiger partial charge on any atom is 0.131 e. The van der Waals surface area contributed by atoms with E-state index in [4.69, 9.17) is 4.74 Å². The Hall–Kier alpha value is -1.22. The third-order valence-electron chi connectivity index (χ3n) is 7.56. The molecule has 0 spiro atoms. The van der Waals surface area contributed by atoms with Gasteiger partial charge in [0.1, 0.15) is 11.6 Å². The van der Waals surface area contributed by atoms with Gasteiger partial charge in [0.2, 0.25) is 0 Å². The monoisotopic (exact) mass is 404 g/mol. The lowest BCUT2D eigenvalue weighted by atomic mass is 9.68. The van der Waals surface area contributed by atoms with Crippen LogP contribution in [0.3, 0.4) is 0 Å². The van der Waals surface area contributed by atoms with Crippen LogP contribution in [-0.4, -0.2) is 7.11 Å². The molecule has 0 radical (unpaired) electrons. The van der Waals surface area contributed by atoms with Crippen molar-refractivity contribution in [1.29, 1.82) is 0 Å². The normalized spacial score (nSPS) is 27.7. The molecule has 0 saturated heterocycles.